The average Bonchev–Trinajstić information content (AvgIpc) is 2.45. The van der Waals surface area contributed by atoms with Crippen molar-refractivity contribution in [3.63, 3.8) is 0 Å². The Morgan fingerprint density at radius 3 is 3.05 bits per heavy atom. The second-order valence-corrected chi connectivity index (χ2v) is 6.79. The highest BCUT2D eigenvalue weighted by molar-refractivity contribution is 7.89. The molecule has 1 aromatic heterocycles. The third-order valence-electron chi connectivity index (χ3n) is 3.32. The first-order valence-corrected chi connectivity index (χ1v) is 8.32. The molecule has 0 aliphatic carbocycles. The van der Waals surface area contributed by atoms with Gasteiger partial charge in [0.05, 0.1) is 6.10 Å². The normalized spacial score (nSPS) is 20.9. The van der Waals surface area contributed by atoms with E-state index < -0.39 is 10.0 Å². The van der Waals surface area contributed by atoms with Crippen molar-refractivity contribution < 1.29 is 13.2 Å². The van der Waals surface area contributed by atoms with Gasteiger partial charge in [0.25, 0.3) is 0 Å². The van der Waals surface area contributed by atoms with Gasteiger partial charge < -0.3 is 10.5 Å². The van der Waals surface area contributed by atoms with Crippen LogP contribution < -0.4 is 5.73 Å². The summed E-state index contributed by atoms with van der Waals surface area (Å²) in [5, 5.41) is 0. The maximum atomic E-state index is 12.6. The minimum Gasteiger partial charge on any atom is -0.383 e. The number of nitrogens with two attached hydrogens (primary N) is 1. The smallest absolute Gasteiger partial charge is 0.246 e. The second-order valence-electron chi connectivity index (χ2n) is 4.88. The standard InChI is InChI=1S/C13H21N3O3S/c1-2-9-19-11-5-4-8-16(10-11)20(17,18)12-6-3-7-15-13(12)14/h3,6-7,11H,2,4-5,8-10H2,1H3,(H2,14,15). The van der Waals surface area contributed by atoms with E-state index in [1.807, 2.05) is 6.92 Å². The lowest BCUT2D eigenvalue weighted by Gasteiger charge is -2.31. The van der Waals surface area contributed by atoms with Gasteiger partial charge in [-0.15, -0.1) is 0 Å². The third kappa shape index (κ3) is 3.28. The molecule has 1 atom stereocenters. The Hall–Kier alpha value is -1.18. The van der Waals surface area contributed by atoms with Gasteiger partial charge in [-0.3, -0.25) is 0 Å². The van der Waals surface area contributed by atoms with Crippen molar-refractivity contribution in [2.24, 2.45) is 0 Å². The van der Waals surface area contributed by atoms with Crippen molar-refractivity contribution in [2.75, 3.05) is 25.4 Å². The SMILES string of the molecule is CCCOC1CCCN(S(=O)(=O)c2cccnc2N)C1. The highest BCUT2D eigenvalue weighted by atomic mass is 32.2. The number of aromatic nitrogens is 1. The van der Waals surface area contributed by atoms with E-state index in [9.17, 15) is 8.42 Å². The highest BCUT2D eigenvalue weighted by Crippen LogP contribution is 2.24. The molecule has 1 aliphatic rings. The van der Waals surface area contributed by atoms with E-state index in [4.69, 9.17) is 10.5 Å². The van der Waals surface area contributed by atoms with E-state index in [0.717, 1.165) is 19.3 Å². The summed E-state index contributed by atoms with van der Waals surface area (Å²) in [6.07, 6.45) is 4.08. The summed E-state index contributed by atoms with van der Waals surface area (Å²) in [5.41, 5.74) is 5.68. The highest BCUT2D eigenvalue weighted by Gasteiger charge is 2.31. The molecule has 0 radical (unpaired) electrons. The Balaban J connectivity index is 2.15. The summed E-state index contributed by atoms with van der Waals surface area (Å²) in [4.78, 5) is 3.93. The lowest BCUT2D eigenvalue weighted by Crippen LogP contribution is -2.43. The van der Waals surface area contributed by atoms with Crippen LogP contribution in [-0.4, -0.2) is 43.5 Å². The monoisotopic (exact) mass is 299 g/mol. The minimum absolute atomic E-state index is 0.0311. The molecule has 7 heteroatoms. The molecule has 1 saturated heterocycles. The topological polar surface area (TPSA) is 85.5 Å². The summed E-state index contributed by atoms with van der Waals surface area (Å²) in [6.45, 7) is 3.58. The van der Waals surface area contributed by atoms with Crippen molar-refractivity contribution in [3.8, 4) is 0 Å². The fraction of sp³-hybridized carbons (Fsp3) is 0.615. The van der Waals surface area contributed by atoms with Crippen LogP contribution in [0.2, 0.25) is 0 Å². The molecule has 2 heterocycles. The van der Waals surface area contributed by atoms with E-state index in [-0.39, 0.29) is 16.8 Å². The molecule has 0 aromatic carbocycles. The summed E-state index contributed by atoms with van der Waals surface area (Å²) < 4.78 is 32.3. The number of nitrogens with zero attached hydrogens (tertiary/aromatic N) is 2. The van der Waals surface area contributed by atoms with Gasteiger partial charge in [0, 0.05) is 25.9 Å². The molecular formula is C13H21N3O3S. The molecule has 1 aliphatic heterocycles. The van der Waals surface area contributed by atoms with Crippen molar-refractivity contribution in [2.45, 2.75) is 37.2 Å². The molecule has 2 rings (SSSR count). The van der Waals surface area contributed by atoms with Crippen LogP contribution in [0.25, 0.3) is 0 Å². The van der Waals surface area contributed by atoms with Gasteiger partial charge in [0.1, 0.15) is 10.7 Å². The molecule has 6 nitrogen and oxygen atoms in total. The summed E-state index contributed by atoms with van der Waals surface area (Å²) in [5.74, 6) is 0.0455. The van der Waals surface area contributed by atoms with Gasteiger partial charge in [-0.25, -0.2) is 13.4 Å². The van der Waals surface area contributed by atoms with Crippen LogP contribution in [0.15, 0.2) is 23.2 Å². The van der Waals surface area contributed by atoms with Crippen molar-refractivity contribution in [3.05, 3.63) is 18.3 Å². The second kappa shape index (κ2) is 6.51. The summed E-state index contributed by atoms with van der Waals surface area (Å²) in [6, 6.07) is 3.08. The predicted octanol–water partition coefficient (Wildman–Crippen LogP) is 1.24. The number of hydrogen-bond acceptors (Lipinski definition) is 5. The molecule has 0 saturated carbocycles. The van der Waals surface area contributed by atoms with E-state index in [2.05, 4.69) is 4.98 Å². The van der Waals surface area contributed by atoms with Crippen molar-refractivity contribution >= 4 is 15.8 Å². The van der Waals surface area contributed by atoms with Gasteiger partial charge in [0.15, 0.2) is 0 Å². The first-order valence-electron chi connectivity index (χ1n) is 6.88. The Labute approximate surface area is 120 Å². The van der Waals surface area contributed by atoms with Gasteiger partial charge in [-0.1, -0.05) is 6.92 Å². The lowest BCUT2D eigenvalue weighted by molar-refractivity contribution is 0.0193. The number of nitrogen functional groups attached to an aromatic ring is 1. The number of sulfonamides is 1. The van der Waals surface area contributed by atoms with Gasteiger partial charge in [-0.2, -0.15) is 4.31 Å². The summed E-state index contributed by atoms with van der Waals surface area (Å²) >= 11 is 0. The predicted molar refractivity (Wildman–Crippen MR) is 76.7 cm³/mol. The maximum Gasteiger partial charge on any atom is 0.246 e. The average molecular weight is 299 g/mol. The zero-order chi connectivity index (χ0) is 14.6. The minimum atomic E-state index is -3.58. The van der Waals surface area contributed by atoms with Gasteiger partial charge in [-0.05, 0) is 31.4 Å². The molecule has 20 heavy (non-hydrogen) atoms. The van der Waals surface area contributed by atoms with E-state index in [1.54, 1.807) is 6.07 Å². The van der Waals surface area contributed by atoms with Crippen LogP contribution >= 0.6 is 0 Å². The number of piperidine rings is 1. The van der Waals surface area contributed by atoms with Crippen molar-refractivity contribution in [1.29, 1.82) is 0 Å². The largest absolute Gasteiger partial charge is 0.383 e. The zero-order valence-electron chi connectivity index (χ0n) is 11.7. The van der Waals surface area contributed by atoms with Crippen molar-refractivity contribution in [1.82, 2.24) is 9.29 Å². The van der Waals surface area contributed by atoms with Crippen LogP contribution in [0.3, 0.4) is 0 Å². The Bertz CT molecular complexity index is 548. The summed E-state index contributed by atoms with van der Waals surface area (Å²) in [7, 11) is -3.58. The molecule has 0 bridgehead atoms. The van der Waals surface area contributed by atoms with Crippen LogP contribution in [0.5, 0.6) is 0 Å². The Kier molecular flexibility index (Phi) is 4.95. The molecule has 1 fully saturated rings. The molecule has 1 aromatic rings. The van der Waals surface area contributed by atoms with Crippen LogP contribution in [0.1, 0.15) is 26.2 Å². The number of rotatable bonds is 5. The van der Waals surface area contributed by atoms with Gasteiger partial charge >= 0.3 is 0 Å². The molecule has 1 unspecified atom stereocenters. The number of ether oxygens (including phenoxy) is 1. The molecular weight excluding hydrogens is 278 g/mol. The Morgan fingerprint density at radius 2 is 2.35 bits per heavy atom. The van der Waals surface area contributed by atoms with E-state index in [0.29, 0.717) is 19.7 Å². The number of pyridine rings is 1. The third-order valence-corrected chi connectivity index (χ3v) is 5.23. The van der Waals surface area contributed by atoms with Crippen LogP contribution in [-0.2, 0) is 14.8 Å². The van der Waals surface area contributed by atoms with Gasteiger partial charge in [0.2, 0.25) is 10.0 Å². The zero-order valence-corrected chi connectivity index (χ0v) is 12.5. The van der Waals surface area contributed by atoms with Crippen LogP contribution in [0, 0.1) is 0 Å². The fourth-order valence-corrected chi connectivity index (χ4v) is 3.88. The maximum absolute atomic E-state index is 12.6. The molecule has 2 N–H and O–H groups in total. The first kappa shape index (κ1) is 15.2. The first-order chi connectivity index (χ1) is 9.55. The molecule has 0 spiro atoms. The molecule has 0 amide bonds. The lowest BCUT2D eigenvalue weighted by atomic mass is 10.1. The van der Waals surface area contributed by atoms with E-state index >= 15 is 0 Å². The number of hydrogen-bond donors (Lipinski definition) is 1. The van der Waals surface area contributed by atoms with Crippen LogP contribution in [0.4, 0.5) is 5.82 Å². The van der Waals surface area contributed by atoms with E-state index in [1.165, 1.54) is 16.6 Å². The Morgan fingerprint density at radius 1 is 1.55 bits per heavy atom. The molecule has 112 valence electrons. The number of anilines is 1. The fourth-order valence-electron chi connectivity index (χ4n) is 2.30. The quantitative estimate of drug-likeness (QED) is 0.884.